The van der Waals surface area contributed by atoms with Gasteiger partial charge in [-0.2, -0.15) is 8.78 Å². The summed E-state index contributed by atoms with van der Waals surface area (Å²) >= 11 is 0. The molecule has 0 fully saturated rings. The molecule has 0 unspecified atom stereocenters. The monoisotopic (exact) mass is 185 g/mol. The van der Waals surface area contributed by atoms with Gasteiger partial charge in [0.25, 0.3) is 0 Å². The first-order chi connectivity index (χ1) is 6.11. The highest BCUT2D eigenvalue weighted by molar-refractivity contribution is 5.40. The summed E-state index contributed by atoms with van der Waals surface area (Å²) in [5.74, 6) is 0.266. The zero-order valence-corrected chi connectivity index (χ0v) is 6.89. The summed E-state index contributed by atoms with van der Waals surface area (Å²) in [6, 6.07) is 4.90. The van der Waals surface area contributed by atoms with Gasteiger partial charge >= 0.3 is 6.11 Å². The number of nitrogens with two attached hydrogens (primary N) is 1. The van der Waals surface area contributed by atoms with Crippen LogP contribution in [0.2, 0.25) is 0 Å². The molecule has 1 aromatic carbocycles. The standard InChI is InChI=1S/C9H9F2NO/c10-9(11)4-7-3-6(5-12)1-2-8(7)13-9/h1-3H,4-5,12H2. The number of fused-ring (bicyclic) bond motifs is 1. The van der Waals surface area contributed by atoms with E-state index in [2.05, 4.69) is 4.74 Å². The van der Waals surface area contributed by atoms with Crippen molar-refractivity contribution in [3.63, 3.8) is 0 Å². The maximum atomic E-state index is 12.7. The second kappa shape index (κ2) is 2.67. The maximum absolute atomic E-state index is 12.7. The normalized spacial score (nSPS) is 18.1. The van der Waals surface area contributed by atoms with Crippen molar-refractivity contribution in [1.29, 1.82) is 0 Å². The summed E-state index contributed by atoms with van der Waals surface area (Å²) < 4.78 is 29.9. The van der Waals surface area contributed by atoms with Crippen LogP contribution in [0.4, 0.5) is 8.78 Å². The van der Waals surface area contributed by atoms with Crippen molar-refractivity contribution >= 4 is 0 Å². The Labute approximate surface area is 74.3 Å². The van der Waals surface area contributed by atoms with Crippen LogP contribution in [0.25, 0.3) is 0 Å². The molecule has 0 aromatic heterocycles. The molecule has 4 heteroatoms. The van der Waals surface area contributed by atoms with Crippen LogP contribution in [0.1, 0.15) is 11.1 Å². The molecule has 1 aromatic rings. The predicted molar refractivity (Wildman–Crippen MR) is 43.6 cm³/mol. The highest BCUT2D eigenvalue weighted by Crippen LogP contribution is 2.37. The molecule has 0 saturated heterocycles. The van der Waals surface area contributed by atoms with Gasteiger partial charge < -0.3 is 10.5 Å². The van der Waals surface area contributed by atoms with Crippen molar-refractivity contribution in [2.75, 3.05) is 0 Å². The minimum absolute atomic E-state index is 0.266. The fourth-order valence-corrected chi connectivity index (χ4v) is 1.42. The van der Waals surface area contributed by atoms with Crippen molar-refractivity contribution in [2.45, 2.75) is 19.1 Å². The summed E-state index contributed by atoms with van der Waals surface area (Å²) in [5, 5.41) is 0. The molecule has 1 aliphatic rings. The Balaban J connectivity index is 2.36. The van der Waals surface area contributed by atoms with Crippen molar-refractivity contribution in [2.24, 2.45) is 5.73 Å². The van der Waals surface area contributed by atoms with Crippen molar-refractivity contribution in [3.05, 3.63) is 29.3 Å². The summed E-state index contributed by atoms with van der Waals surface area (Å²) in [6.45, 7) is 0.360. The first kappa shape index (κ1) is 8.44. The van der Waals surface area contributed by atoms with Gasteiger partial charge in [-0.05, 0) is 11.6 Å². The van der Waals surface area contributed by atoms with Crippen LogP contribution < -0.4 is 10.5 Å². The van der Waals surface area contributed by atoms with E-state index in [9.17, 15) is 8.78 Å². The zero-order chi connectivity index (χ0) is 9.47. The van der Waals surface area contributed by atoms with E-state index in [0.717, 1.165) is 5.56 Å². The van der Waals surface area contributed by atoms with E-state index in [0.29, 0.717) is 12.1 Å². The first-order valence-electron chi connectivity index (χ1n) is 3.99. The lowest BCUT2D eigenvalue weighted by Gasteiger charge is -2.06. The predicted octanol–water partition coefficient (Wildman–Crippen LogP) is 1.67. The van der Waals surface area contributed by atoms with Crippen LogP contribution in [0, 0.1) is 0 Å². The number of halogens is 2. The third-order valence-electron chi connectivity index (χ3n) is 2.02. The molecule has 0 spiro atoms. The Bertz CT molecular complexity index is 338. The van der Waals surface area contributed by atoms with E-state index in [1.807, 2.05) is 0 Å². The van der Waals surface area contributed by atoms with Crippen LogP contribution in [-0.4, -0.2) is 6.11 Å². The second-order valence-electron chi connectivity index (χ2n) is 3.06. The van der Waals surface area contributed by atoms with Crippen LogP contribution in [-0.2, 0) is 13.0 Å². The third kappa shape index (κ3) is 1.49. The lowest BCUT2D eigenvalue weighted by Crippen LogP contribution is -2.20. The number of alkyl halides is 2. The second-order valence-corrected chi connectivity index (χ2v) is 3.06. The lowest BCUT2D eigenvalue weighted by molar-refractivity contribution is -0.159. The van der Waals surface area contributed by atoms with Gasteiger partial charge in [-0.25, -0.2) is 0 Å². The van der Waals surface area contributed by atoms with E-state index in [4.69, 9.17) is 5.73 Å². The Hall–Kier alpha value is -1.16. The van der Waals surface area contributed by atoms with Crippen molar-refractivity contribution in [1.82, 2.24) is 0 Å². The Morgan fingerprint density at radius 1 is 1.46 bits per heavy atom. The topological polar surface area (TPSA) is 35.2 Å². The van der Waals surface area contributed by atoms with Gasteiger partial charge in [-0.1, -0.05) is 12.1 Å². The Kier molecular flexibility index (Phi) is 1.73. The molecule has 0 atom stereocenters. The molecule has 0 amide bonds. The van der Waals surface area contributed by atoms with Gasteiger partial charge in [-0.15, -0.1) is 0 Å². The van der Waals surface area contributed by atoms with Crippen LogP contribution >= 0.6 is 0 Å². The molecule has 70 valence electrons. The van der Waals surface area contributed by atoms with Gasteiger partial charge in [0.1, 0.15) is 5.75 Å². The summed E-state index contributed by atoms with van der Waals surface area (Å²) in [6.07, 6.45) is -3.40. The van der Waals surface area contributed by atoms with Gasteiger partial charge in [0, 0.05) is 12.1 Å². The van der Waals surface area contributed by atoms with E-state index in [-0.39, 0.29) is 12.2 Å². The minimum Gasteiger partial charge on any atom is -0.432 e. The molecule has 0 saturated carbocycles. The minimum atomic E-state index is -3.05. The molecule has 2 N–H and O–H groups in total. The summed E-state index contributed by atoms with van der Waals surface area (Å²) in [4.78, 5) is 0. The van der Waals surface area contributed by atoms with Gasteiger partial charge in [0.2, 0.25) is 0 Å². The molecular weight excluding hydrogens is 176 g/mol. The zero-order valence-electron chi connectivity index (χ0n) is 6.89. The molecule has 2 rings (SSSR count). The van der Waals surface area contributed by atoms with Gasteiger partial charge in [-0.3, -0.25) is 0 Å². The fraction of sp³-hybridized carbons (Fsp3) is 0.333. The molecule has 13 heavy (non-hydrogen) atoms. The van der Waals surface area contributed by atoms with Crippen LogP contribution in [0.15, 0.2) is 18.2 Å². The van der Waals surface area contributed by atoms with E-state index in [1.165, 1.54) is 0 Å². The van der Waals surface area contributed by atoms with Crippen molar-refractivity contribution in [3.8, 4) is 5.75 Å². The van der Waals surface area contributed by atoms with Gasteiger partial charge in [0.15, 0.2) is 0 Å². The van der Waals surface area contributed by atoms with E-state index >= 15 is 0 Å². The smallest absolute Gasteiger partial charge is 0.402 e. The van der Waals surface area contributed by atoms with E-state index in [1.54, 1.807) is 18.2 Å². The fourth-order valence-electron chi connectivity index (χ4n) is 1.42. The quantitative estimate of drug-likeness (QED) is 0.722. The highest BCUT2D eigenvalue weighted by Gasteiger charge is 2.39. The molecular formula is C9H9F2NO. The Morgan fingerprint density at radius 2 is 2.23 bits per heavy atom. The van der Waals surface area contributed by atoms with Crippen molar-refractivity contribution < 1.29 is 13.5 Å². The summed E-state index contributed by atoms with van der Waals surface area (Å²) in [7, 11) is 0. The number of ether oxygens (including phenoxy) is 1. The third-order valence-corrected chi connectivity index (χ3v) is 2.02. The maximum Gasteiger partial charge on any atom is 0.402 e. The molecule has 0 aliphatic carbocycles. The first-order valence-corrected chi connectivity index (χ1v) is 3.99. The molecule has 1 heterocycles. The number of hydrogen-bond acceptors (Lipinski definition) is 2. The number of rotatable bonds is 1. The number of hydrogen-bond donors (Lipinski definition) is 1. The molecule has 1 aliphatic heterocycles. The number of benzene rings is 1. The SMILES string of the molecule is NCc1ccc2c(c1)CC(F)(F)O2. The lowest BCUT2D eigenvalue weighted by atomic mass is 10.1. The highest BCUT2D eigenvalue weighted by atomic mass is 19.3. The largest absolute Gasteiger partial charge is 0.432 e. The molecule has 0 bridgehead atoms. The average molecular weight is 185 g/mol. The molecule has 2 nitrogen and oxygen atoms in total. The summed E-state index contributed by atoms with van der Waals surface area (Å²) in [5.41, 5.74) is 6.77. The van der Waals surface area contributed by atoms with Crippen LogP contribution in [0.5, 0.6) is 5.75 Å². The molecule has 0 radical (unpaired) electrons. The van der Waals surface area contributed by atoms with Gasteiger partial charge in [0.05, 0.1) is 6.42 Å². The average Bonchev–Trinajstić information content (AvgIpc) is 2.36. The van der Waals surface area contributed by atoms with Crippen LogP contribution in [0.3, 0.4) is 0 Å². The van der Waals surface area contributed by atoms with E-state index < -0.39 is 6.11 Å². The Morgan fingerprint density at radius 3 is 2.92 bits per heavy atom.